The lowest BCUT2D eigenvalue weighted by atomic mass is 10.1. The predicted molar refractivity (Wildman–Crippen MR) is 68.8 cm³/mol. The van der Waals surface area contributed by atoms with Crippen molar-refractivity contribution in [1.82, 2.24) is 10.2 Å². The lowest BCUT2D eigenvalue weighted by molar-refractivity contribution is 0.188. The van der Waals surface area contributed by atoms with E-state index in [2.05, 4.69) is 10.2 Å². The van der Waals surface area contributed by atoms with Crippen molar-refractivity contribution >= 4 is 11.6 Å². The first-order valence-electron chi connectivity index (χ1n) is 6.02. The van der Waals surface area contributed by atoms with Crippen LogP contribution in [0.4, 0.5) is 4.39 Å². The summed E-state index contributed by atoms with van der Waals surface area (Å²) in [5.74, 6) is -0.255. The van der Waals surface area contributed by atoms with E-state index in [-0.39, 0.29) is 5.82 Å². The summed E-state index contributed by atoms with van der Waals surface area (Å²) in [6.07, 6.45) is 2.41. The van der Waals surface area contributed by atoms with Crippen LogP contribution in [0.2, 0.25) is 5.02 Å². The maximum atomic E-state index is 13.2. The first-order valence-corrected chi connectivity index (χ1v) is 6.40. The highest BCUT2D eigenvalue weighted by Gasteiger charge is 2.18. The average Bonchev–Trinajstić information content (AvgIpc) is 2.28. The van der Waals surface area contributed by atoms with Crippen LogP contribution in [0.15, 0.2) is 18.2 Å². The van der Waals surface area contributed by atoms with Crippen LogP contribution >= 0.6 is 11.6 Å². The maximum absolute atomic E-state index is 13.2. The van der Waals surface area contributed by atoms with Gasteiger partial charge >= 0.3 is 0 Å². The second-order valence-corrected chi connectivity index (χ2v) is 5.08. The zero-order valence-corrected chi connectivity index (χ0v) is 10.8. The summed E-state index contributed by atoms with van der Waals surface area (Å²) in [6.45, 7) is 2.87. The van der Waals surface area contributed by atoms with Gasteiger partial charge in [0.15, 0.2) is 0 Å². The Kier molecular flexibility index (Phi) is 4.37. The van der Waals surface area contributed by atoms with Gasteiger partial charge in [-0.25, -0.2) is 4.39 Å². The molecule has 2 nitrogen and oxygen atoms in total. The third-order valence-corrected chi connectivity index (χ3v) is 3.46. The third-order valence-electron chi connectivity index (χ3n) is 3.24. The molecule has 0 radical (unpaired) electrons. The number of likely N-dealkylation sites (tertiary alicyclic amines) is 1. The molecule has 0 spiro atoms. The molecule has 94 valence electrons. The summed E-state index contributed by atoms with van der Waals surface area (Å²) in [5, 5.41) is 3.77. The van der Waals surface area contributed by atoms with E-state index in [0.29, 0.717) is 11.1 Å². The number of benzene rings is 1. The van der Waals surface area contributed by atoms with Gasteiger partial charge in [0.05, 0.1) is 0 Å². The highest BCUT2D eigenvalue weighted by atomic mass is 35.5. The number of piperidine rings is 1. The van der Waals surface area contributed by atoms with Gasteiger partial charge in [-0.3, -0.25) is 4.90 Å². The number of halogens is 2. The van der Waals surface area contributed by atoms with Gasteiger partial charge in [-0.1, -0.05) is 11.6 Å². The summed E-state index contributed by atoms with van der Waals surface area (Å²) in [7, 11) is 1.99. The van der Waals surface area contributed by atoms with Gasteiger partial charge in [-0.05, 0) is 50.2 Å². The molecule has 1 aromatic rings. The molecule has 1 aliphatic rings. The molecule has 0 aromatic heterocycles. The number of rotatable bonds is 3. The molecular weight excluding hydrogens is 239 g/mol. The van der Waals surface area contributed by atoms with Crippen LogP contribution in [0.3, 0.4) is 0 Å². The van der Waals surface area contributed by atoms with Crippen LogP contribution in [-0.4, -0.2) is 31.1 Å². The van der Waals surface area contributed by atoms with Crippen LogP contribution in [0.5, 0.6) is 0 Å². The second-order valence-electron chi connectivity index (χ2n) is 4.64. The van der Waals surface area contributed by atoms with Crippen LogP contribution in [-0.2, 0) is 6.54 Å². The SMILES string of the molecule is CNC1CCCN(Cc2cc(F)cc(Cl)c2)C1. The van der Waals surface area contributed by atoms with Gasteiger partial charge in [0.2, 0.25) is 0 Å². The quantitative estimate of drug-likeness (QED) is 0.895. The Hall–Kier alpha value is -0.640. The van der Waals surface area contributed by atoms with Gasteiger partial charge in [0.25, 0.3) is 0 Å². The molecule has 1 aliphatic heterocycles. The van der Waals surface area contributed by atoms with E-state index in [4.69, 9.17) is 11.6 Å². The van der Waals surface area contributed by atoms with E-state index in [1.54, 1.807) is 6.07 Å². The fourth-order valence-electron chi connectivity index (χ4n) is 2.40. The largest absolute Gasteiger partial charge is 0.316 e. The molecule has 0 bridgehead atoms. The number of hydrogen-bond donors (Lipinski definition) is 1. The molecule has 0 aliphatic carbocycles. The summed E-state index contributed by atoms with van der Waals surface area (Å²) >= 11 is 5.85. The van der Waals surface area contributed by atoms with E-state index >= 15 is 0 Å². The first-order chi connectivity index (χ1) is 8.17. The standard InChI is InChI=1S/C13H18ClFN2/c1-16-13-3-2-4-17(9-13)8-10-5-11(14)7-12(15)6-10/h5-7,13,16H,2-4,8-9H2,1H3. The fraction of sp³-hybridized carbons (Fsp3) is 0.538. The number of likely N-dealkylation sites (N-methyl/N-ethyl adjacent to an activating group) is 1. The van der Waals surface area contributed by atoms with Crippen molar-refractivity contribution in [3.8, 4) is 0 Å². The molecule has 1 fully saturated rings. The van der Waals surface area contributed by atoms with Gasteiger partial charge in [-0.15, -0.1) is 0 Å². The number of nitrogens with one attached hydrogen (secondary N) is 1. The number of hydrogen-bond acceptors (Lipinski definition) is 2. The Balaban J connectivity index is 2.00. The van der Waals surface area contributed by atoms with Gasteiger partial charge in [0, 0.05) is 24.2 Å². The summed E-state index contributed by atoms with van der Waals surface area (Å²) in [4.78, 5) is 2.34. The van der Waals surface area contributed by atoms with Crippen LogP contribution < -0.4 is 5.32 Å². The zero-order valence-electron chi connectivity index (χ0n) is 10.0. The Bertz CT molecular complexity index is 363. The lowest BCUT2D eigenvalue weighted by Crippen LogP contribution is -2.43. The zero-order chi connectivity index (χ0) is 12.3. The van der Waals surface area contributed by atoms with Gasteiger partial charge in [0.1, 0.15) is 5.82 Å². The van der Waals surface area contributed by atoms with E-state index < -0.39 is 0 Å². The van der Waals surface area contributed by atoms with Crippen LogP contribution in [0.1, 0.15) is 18.4 Å². The van der Waals surface area contributed by atoms with Crippen molar-refractivity contribution < 1.29 is 4.39 Å². The normalized spacial score (nSPS) is 21.7. The molecule has 1 aromatic carbocycles. The average molecular weight is 257 g/mol. The molecule has 2 rings (SSSR count). The van der Waals surface area contributed by atoms with Gasteiger partial charge in [-0.2, -0.15) is 0 Å². The van der Waals surface area contributed by atoms with Crippen molar-refractivity contribution in [2.75, 3.05) is 20.1 Å². The van der Waals surface area contributed by atoms with Crippen LogP contribution in [0.25, 0.3) is 0 Å². The van der Waals surface area contributed by atoms with Crippen molar-refractivity contribution in [2.45, 2.75) is 25.4 Å². The molecule has 0 amide bonds. The highest BCUT2D eigenvalue weighted by Crippen LogP contribution is 2.18. The minimum Gasteiger partial charge on any atom is -0.316 e. The molecule has 4 heteroatoms. The fourth-order valence-corrected chi connectivity index (χ4v) is 2.64. The van der Waals surface area contributed by atoms with Gasteiger partial charge < -0.3 is 5.32 Å². The van der Waals surface area contributed by atoms with Crippen LogP contribution in [0, 0.1) is 5.82 Å². The van der Waals surface area contributed by atoms with E-state index in [1.807, 2.05) is 13.1 Å². The molecule has 1 N–H and O–H groups in total. The van der Waals surface area contributed by atoms with E-state index in [0.717, 1.165) is 25.2 Å². The summed E-state index contributed by atoms with van der Waals surface area (Å²) in [6, 6.07) is 5.30. The first kappa shape index (κ1) is 12.8. The monoisotopic (exact) mass is 256 g/mol. The highest BCUT2D eigenvalue weighted by molar-refractivity contribution is 6.30. The molecule has 17 heavy (non-hydrogen) atoms. The Morgan fingerprint density at radius 1 is 1.47 bits per heavy atom. The van der Waals surface area contributed by atoms with Crippen molar-refractivity contribution in [3.05, 3.63) is 34.6 Å². The minimum atomic E-state index is -0.255. The Labute approximate surface area is 107 Å². The Morgan fingerprint density at radius 3 is 3.00 bits per heavy atom. The molecule has 1 unspecified atom stereocenters. The van der Waals surface area contributed by atoms with E-state index in [9.17, 15) is 4.39 Å². The summed E-state index contributed by atoms with van der Waals surface area (Å²) < 4.78 is 13.2. The lowest BCUT2D eigenvalue weighted by Gasteiger charge is -2.32. The molecule has 1 heterocycles. The molecular formula is C13H18ClFN2. The topological polar surface area (TPSA) is 15.3 Å². The predicted octanol–water partition coefficient (Wildman–Crippen LogP) is 2.66. The molecule has 1 atom stereocenters. The van der Waals surface area contributed by atoms with E-state index in [1.165, 1.54) is 18.9 Å². The number of nitrogens with zero attached hydrogens (tertiary/aromatic N) is 1. The molecule has 0 saturated carbocycles. The van der Waals surface area contributed by atoms with Crippen molar-refractivity contribution in [3.63, 3.8) is 0 Å². The maximum Gasteiger partial charge on any atom is 0.125 e. The summed E-state index contributed by atoms with van der Waals surface area (Å²) in [5.41, 5.74) is 0.951. The smallest absolute Gasteiger partial charge is 0.125 e. The minimum absolute atomic E-state index is 0.255. The third kappa shape index (κ3) is 3.66. The van der Waals surface area contributed by atoms with Crippen molar-refractivity contribution in [1.29, 1.82) is 0 Å². The Morgan fingerprint density at radius 2 is 2.29 bits per heavy atom. The van der Waals surface area contributed by atoms with Crippen molar-refractivity contribution in [2.24, 2.45) is 0 Å². The second kappa shape index (κ2) is 5.80. The molecule has 1 saturated heterocycles.